The lowest BCUT2D eigenvalue weighted by Crippen LogP contribution is -2.46. The van der Waals surface area contributed by atoms with Crippen molar-refractivity contribution < 1.29 is 13.2 Å². The van der Waals surface area contributed by atoms with Crippen LogP contribution >= 0.6 is 0 Å². The second-order valence-electron chi connectivity index (χ2n) is 6.92. The quantitative estimate of drug-likeness (QED) is 0.831. The fourth-order valence-electron chi connectivity index (χ4n) is 2.95. The van der Waals surface area contributed by atoms with E-state index in [1.54, 1.807) is 4.68 Å². The molecule has 1 saturated heterocycles. The van der Waals surface area contributed by atoms with E-state index in [9.17, 15) is 13.2 Å². The third kappa shape index (κ3) is 4.32. The zero-order valence-corrected chi connectivity index (χ0v) is 15.2. The summed E-state index contributed by atoms with van der Waals surface area (Å²) in [6.07, 6.45) is -0.669. The van der Waals surface area contributed by atoms with Crippen molar-refractivity contribution >= 4 is 5.95 Å². The third-order valence-electron chi connectivity index (χ3n) is 4.44. The van der Waals surface area contributed by atoms with E-state index in [-0.39, 0.29) is 11.9 Å². The molecule has 1 aliphatic heterocycles. The summed E-state index contributed by atoms with van der Waals surface area (Å²) >= 11 is 0. The van der Waals surface area contributed by atoms with Gasteiger partial charge >= 0.3 is 6.18 Å². The normalized spacial score (nSPS) is 16.5. The number of alkyl halides is 3. The maximum atomic E-state index is 13.2. The molecule has 0 aliphatic carbocycles. The number of halogens is 3. The zero-order chi connectivity index (χ0) is 18.9. The first kappa shape index (κ1) is 18.6. The first-order chi connectivity index (χ1) is 12.2. The largest absolute Gasteiger partial charge is 0.433 e. The van der Waals surface area contributed by atoms with Crippen molar-refractivity contribution in [2.45, 2.75) is 32.5 Å². The monoisotopic (exact) mass is 368 g/mol. The number of aryl methyl sites for hydroxylation is 1. The van der Waals surface area contributed by atoms with Crippen LogP contribution in [-0.4, -0.2) is 50.8 Å². The number of aromatic nitrogens is 4. The molecule has 9 heteroatoms. The second kappa shape index (κ2) is 7.22. The summed E-state index contributed by atoms with van der Waals surface area (Å²) in [6.45, 7) is 7.12. The Kier molecular flexibility index (Phi) is 5.17. The highest BCUT2D eigenvalue weighted by Gasteiger charge is 2.34. The molecule has 3 rings (SSSR count). The van der Waals surface area contributed by atoms with E-state index in [1.807, 2.05) is 38.2 Å². The molecule has 0 atom stereocenters. The van der Waals surface area contributed by atoms with Gasteiger partial charge in [-0.1, -0.05) is 13.8 Å². The maximum absolute atomic E-state index is 13.2. The molecule has 1 aliphatic rings. The number of piperazine rings is 1. The van der Waals surface area contributed by atoms with Crippen LogP contribution in [0.15, 0.2) is 18.5 Å². The molecule has 0 radical (unpaired) electrons. The molecule has 2 aromatic heterocycles. The number of hydrogen-bond donors (Lipinski definition) is 0. The van der Waals surface area contributed by atoms with Gasteiger partial charge < -0.3 is 4.90 Å². The van der Waals surface area contributed by atoms with Crippen molar-refractivity contribution in [1.82, 2.24) is 24.6 Å². The predicted octanol–water partition coefficient (Wildman–Crippen LogP) is 2.67. The molecule has 0 bridgehead atoms. The Hall–Kier alpha value is -2.16. The Morgan fingerprint density at radius 1 is 1.12 bits per heavy atom. The average Bonchev–Trinajstić information content (AvgIpc) is 2.99. The highest BCUT2D eigenvalue weighted by molar-refractivity contribution is 5.35. The van der Waals surface area contributed by atoms with E-state index in [2.05, 4.69) is 20.0 Å². The van der Waals surface area contributed by atoms with E-state index >= 15 is 0 Å². The Bertz CT molecular complexity index is 747. The average molecular weight is 368 g/mol. The Balaban J connectivity index is 1.71. The van der Waals surface area contributed by atoms with Gasteiger partial charge in [0, 0.05) is 57.2 Å². The summed E-state index contributed by atoms with van der Waals surface area (Å²) in [4.78, 5) is 12.2. The molecular weight excluding hydrogens is 345 g/mol. The number of rotatable bonds is 4. The minimum atomic E-state index is -4.47. The number of anilines is 1. The highest BCUT2D eigenvalue weighted by Crippen LogP contribution is 2.31. The van der Waals surface area contributed by atoms with Crippen LogP contribution in [0, 0.1) is 0 Å². The molecule has 2 aromatic rings. The molecule has 0 unspecified atom stereocenters. The van der Waals surface area contributed by atoms with E-state index in [4.69, 9.17) is 0 Å². The SMILES string of the molecule is CC(C)c1cc(C(F)(F)F)nc(N2CCN(Cc3cnn(C)c3)CC2)n1. The van der Waals surface area contributed by atoms with Crippen LogP contribution in [0.3, 0.4) is 0 Å². The molecule has 26 heavy (non-hydrogen) atoms. The van der Waals surface area contributed by atoms with Gasteiger partial charge in [0.1, 0.15) is 5.69 Å². The molecule has 142 valence electrons. The molecule has 1 fully saturated rings. The Labute approximate surface area is 150 Å². The van der Waals surface area contributed by atoms with Gasteiger partial charge in [-0.25, -0.2) is 9.97 Å². The summed E-state index contributed by atoms with van der Waals surface area (Å²) in [7, 11) is 1.87. The van der Waals surface area contributed by atoms with Crippen molar-refractivity contribution in [3.05, 3.63) is 35.4 Å². The first-order valence-electron chi connectivity index (χ1n) is 8.63. The van der Waals surface area contributed by atoms with Gasteiger partial charge in [0.15, 0.2) is 0 Å². The Morgan fingerprint density at radius 3 is 2.35 bits per heavy atom. The summed E-state index contributed by atoms with van der Waals surface area (Å²) in [5, 5.41) is 4.16. The van der Waals surface area contributed by atoms with E-state index in [0.717, 1.165) is 31.3 Å². The van der Waals surface area contributed by atoms with E-state index in [0.29, 0.717) is 18.8 Å². The molecule has 0 saturated carbocycles. The van der Waals surface area contributed by atoms with Gasteiger partial charge in [-0.15, -0.1) is 0 Å². The number of hydrogen-bond acceptors (Lipinski definition) is 5. The summed E-state index contributed by atoms with van der Waals surface area (Å²) in [6, 6.07) is 1.05. The minimum Gasteiger partial charge on any atom is -0.338 e. The maximum Gasteiger partial charge on any atom is 0.433 e. The van der Waals surface area contributed by atoms with Crippen LogP contribution in [0.5, 0.6) is 0 Å². The molecule has 0 amide bonds. The summed E-state index contributed by atoms with van der Waals surface area (Å²) < 4.78 is 41.2. The molecule has 0 spiro atoms. The number of nitrogens with zero attached hydrogens (tertiary/aromatic N) is 6. The van der Waals surface area contributed by atoms with Crippen LogP contribution in [0.25, 0.3) is 0 Å². The van der Waals surface area contributed by atoms with Gasteiger partial charge in [-0.3, -0.25) is 9.58 Å². The summed E-state index contributed by atoms with van der Waals surface area (Å²) in [5.74, 6) is 0.0780. The molecular formula is C17H23F3N6. The predicted molar refractivity (Wildman–Crippen MR) is 91.8 cm³/mol. The first-order valence-corrected chi connectivity index (χ1v) is 8.63. The van der Waals surface area contributed by atoms with E-state index in [1.165, 1.54) is 0 Å². The van der Waals surface area contributed by atoms with Crippen LogP contribution in [0.1, 0.15) is 36.7 Å². The lowest BCUT2D eigenvalue weighted by Gasteiger charge is -2.34. The summed E-state index contributed by atoms with van der Waals surface area (Å²) in [5.41, 5.74) is 0.669. The third-order valence-corrected chi connectivity index (χ3v) is 4.44. The van der Waals surface area contributed by atoms with Crippen molar-refractivity contribution in [2.24, 2.45) is 7.05 Å². The highest BCUT2D eigenvalue weighted by atomic mass is 19.4. The zero-order valence-electron chi connectivity index (χ0n) is 15.2. The van der Waals surface area contributed by atoms with Crippen molar-refractivity contribution in [2.75, 3.05) is 31.1 Å². The smallest absolute Gasteiger partial charge is 0.338 e. The van der Waals surface area contributed by atoms with Crippen LogP contribution < -0.4 is 4.90 Å². The van der Waals surface area contributed by atoms with Crippen molar-refractivity contribution in [1.29, 1.82) is 0 Å². The van der Waals surface area contributed by atoms with Crippen molar-refractivity contribution in [3.63, 3.8) is 0 Å². The van der Waals surface area contributed by atoms with Gasteiger partial charge in [-0.05, 0) is 12.0 Å². The fraction of sp³-hybridized carbons (Fsp3) is 0.588. The molecule has 6 nitrogen and oxygen atoms in total. The molecule has 0 N–H and O–H groups in total. The molecule has 3 heterocycles. The van der Waals surface area contributed by atoms with Gasteiger partial charge in [-0.2, -0.15) is 18.3 Å². The standard InChI is InChI=1S/C17H23F3N6/c1-12(2)14-8-15(17(18,19)20)23-16(22-14)26-6-4-25(5-7-26)11-13-9-21-24(3)10-13/h8-10,12H,4-7,11H2,1-3H3. The van der Waals surface area contributed by atoms with Crippen LogP contribution in [0.2, 0.25) is 0 Å². The topological polar surface area (TPSA) is 50.1 Å². The second-order valence-corrected chi connectivity index (χ2v) is 6.92. The van der Waals surface area contributed by atoms with Crippen LogP contribution in [-0.2, 0) is 19.8 Å². The Morgan fingerprint density at radius 2 is 1.81 bits per heavy atom. The van der Waals surface area contributed by atoms with Crippen molar-refractivity contribution in [3.8, 4) is 0 Å². The lowest BCUT2D eigenvalue weighted by molar-refractivity contribution is -0.141. The molecule has 0 aromatic carbocycles. The van der Waals surface area contributed by atoms with E-state index < -0.39 is 11.9 Å². The van der Waals surface area contributed by atoms with Gasteiger partial charge in [0.2, 0.25) is 5.95 Å². The fourth-order valence-corrected chi connectivity index (χ4v) is 2.95. The lowest BCUT2D eigenvalue weighted by atomic mass is 10.1. The van der Waals surface area contributed by atoms with Crippen LogP contribution in [0.4, 0.5) is 19.1 Å². The minimum absolute atomic E-state index is 0.0929. The van der Waals surface area contributed by atoms with Gasteiger partial charge in [0.25, 0.3) is 0 Å². The van der Waals surface area contributed by atoms with Gasteiger partial charge in [0.05, 0.1) is 6.20 Å².